The molecular formula is C18H21F3N4O5. The molecule has 1 saturated heterocycles. The highest BCUT2D eigenvalue weighted by molar-refractivity contribution is 6.06. The zero-order valence-electron chi connectivity index (χ0n) is 15.8. The highest BCUT2D eigenvalue weighted by atomic mass is 19.4. The van der Waals surface area contributed by atoms with Gasteiger partial charge in [-0.25, -0.2) is 4.79 Å². The summed E-state index contributed by atoms with van der Waals surface area (Å²) >= 11 is 0. The second kappa shape index (κ2) is 9.57. The second-order valence-electron chi connectivity index (χ2n) is 6.60. The van der Waals surface area contributed by atoms with E-state index in [0.717, 1.165) is 24.2 Å². The van der Waals surface area contributed by atoms with Gasteiger partial charge in [0.05, 0.1) is 0 Å². The van der Waals surface area contributed by atoms with Crippen LogP contribution in [0.4, 0.5) is 18.9 Å². The van der Waals surface area contributed by atoms with Gasteiger partial charge >= 0.3 is 12.1 Å². The van der Waals surface area contributed by atoms with Crippen molar-refractivity contribution in [2.75, 3.05) is 18.4 Å². The minimum atomic E-state index is -5.08. The van der Waals surface area contributed by atoms with Gasteiger partial charge in [-0.1, -0.05) is 6.07 Å². The third-order valence-corrected chi connectivity index (χ3v) is 4.52. The number of alkyl halides is 3. The Balaban J connectivity index is 0.000000396. The lowest BCUT2D eigenvalue weighted by Crippen LogP contribution is -2.52. The molecule has 1 aromatic carbocycles. The highest BCUT2D eigenvalue weighted by Gasteiger charge is 2.40. The number of carboxylic acid groups (broad SMARTS) is 1. The molecule has 0 bridgehead atoms. The van der Waals surface area contributed by atoms with Crippen molar-refractivity contribution >= 4 is 29.4 Å². The molecule has 3 amide bonds. The molecule has 3 rings (SSSR count). The zero-order chi connectivity index (χ0) is 22.5. The van der Waals surface area contributed by atoms with E-state index < -0.39 is 18.2 Å². The number of nitrogens with two attached hydrogens (primary N) is 1. The van der Waals surface area contributed by atoms with Crippen LogP contribution in [0.5, 0.6) is 0 Å². The fourth-order valence-corrected chi connectivity index (χ4v) is 3.08. The Bertz CT molecular complexity index is 844. The smallest absolute Gasteiger partial charge is 0.475 e. The summed E-state index contributed by atoms with van der Waals surface area (Å²) in [7, 11) is 0. The van der Waals surface area contributed by atoms with Crippen LogP contribution in [0.3, 0.4) is 0 Å². The first-order valence-electron chi connectivity index (χ1n) is 9.06. The summed E-state index contributed by atoms with van der Waals surface area (Å²) in [5, 5.41) is 12.7. The summed E-state index contributed by atoms with van der Waals surface area (Å²) in [4.78, 5) is 46.4. The molecule has 1 fully saturated rings. The molecule has 2 aliphatic heterocycles. The number of carboxylic acids is 1. The Morgan fingerprint density at radius 1 is 1.30 bits per heavy atom. The number of nitrogens with zero attached hydrogens (tertiary/aromatic N) is 1. The number of nitrogens with one attached hydrogen (secondary N) is 2. The number of hydrogen-bond acceptors (Lipinski definition) is 6. The molecule has 164 valence electrons. The van der Waals surface area contributed by atoms with E-state index in [2.05, 4.69) is 10.6 Å². The molecule has 0 saturated carbocycles. The molecule has 12 heteroatoms. The van der Waals surface area contributed by atoms with Crippen molar-refractivity contribution in [3.05, 3.63) is 29.3 Å². The topological polar surface area (TPSA) is 142 Å². The van der Waals surface area contributed by atoms with Gasteiger partial charge in [-0.15, -0.1) is 0 Å². The molecule has 2 aliphatic rings. The summed E-state index contributed by atoms with van der Waals surface area (Å²) < 4.78 is 31.7. The van der Waals surface area contributed by atoms with Crippen LogP contribution in [0.1, 0.15) is 35.2 Å². The van der Waals surface area contributed by atoms with Crippen LogP contribution in [0.2, 0.25) is 0 Å². The minimum absolute atomic E-state index is 0.156. The number of aliphatic carboxylic acids is 1. The molecule has 0 aliphatic carbocycles. The average molecular weight is 430 g/mol. The maximum absolute atomic E-state index is 12.6. The minimum Gasteiger partial charge on any atom is -0.475 e. The first kappa shape index (κ1) is 23.1. The number of amides is 3. The number of piperidine rings is 1. The van der Waals surface area contributed by atoms with Crippen molar-refractivity contribution in [1.29, 1.82) is 0 Å². The van der Waals surface area contributed by atoms with Gasteiger partial charge in [0.15, 0.2) is 0 Å². The fraction of sp³-hybridized carbons (Fsp3) is 0.444. The molecule has 2 heterocycles. The predicted octanol–water partition coefficient (Wildman–Crippen LogP) is 0.842. The number of carbonyl (C=O) groups excluding carboxylic acids is 3. The maximum atomic E-state index is 12.6. The van der Waals surface area contributed by atoms with Gasteiger partial charge in [-0.3, -0.25) is 19.7 Å². The van der Waals surface area contributed by atoms with E-state index in [1.54, 1.807) is 11.0 Å². The van der Waals surface area contributed by atoms with Gasteiger partial charge in [0.2, 0.25) is 11.8 Å². The number of fused-ring (bicyclic) bond motifs is 1. The summed E-state index contributed by atoms with van der Waals surface area (Å²) in [5.41, 5.74) is 7.92. The van der Waals surface area contributed by atoms with Crippen LogP contribution in [0.25, 0.3) is 0 Å². The van der Waals surface area contributed by atoms with Gasteiger partial charge in [-0.05, 0) is 31.5 Å². The number of hydrogen-bond donors (Lipinski definition) is 4. The summed E-state index contributed by atoms with van der Waals surface area (Å²) in [6.45, 7) is 1.72. The number of anilines is 1. The Morgan fingerprint density at radius 2 is 1.97 bits per heavy atom. The second-order valence-corrected chi connectivity index (χ2v) is 6.60. The molecule has 1 unspecified atom stereocenters. The lowest BCUT2D eigenvalue weighted by atomic mass is 10.0. The third-order valence-electron chi connectivity index (χ3n) is 4.52. The summed E-state index contributed by atoms with van der Waals surface area (Å²) in [6.07, 6.45) is -3.60. The summed E-state index contributed by atoms with van der Waals surface area (Å²) in [5.74, 6) is -3.58. The predicted molar refractivity (Wildman–Crippen MR) is 98.3 cm³/mol. The van der Waals surface area contributed by atoms with E-state index in [-0.39, 0.29) is 24.1 Å². The standard InChI is InChI=1S/C16H20N4O3.C2HF3O2/c17-7-2-8-18-12-4-1-3-10-11(12)9-20(16(10)23)13-5-6-14(21)19-15(13)22;3-2(4,5)1(6)7/h1,3-4,13,18H,2,5-9,17H2,(H,19,21,22);(H,6,7). The quantitative estimate of drug-likeness (QED) is 0.401. The van der Waals surface area contributed by atoms with Crippen molar-refractivity contribution in [1.82, 2.24) is 10.2 Å². The highest BCUT2D eigenvalue weighted by Crippen LogP contribution is 2.32. The Morgan fingerprint density at radius 3 is 2.53 bits per heavy atom. The number of carbonyl (C=O) groups is 4. The fourth-order valence-electron chi connectivity index (χ4n) is 3.08. The van der Waals surface area contributed by atoms with Gasteiger partial charge in [0, 0.05) is 36.3 Å². The molecule has 5 N–H and O–H groups in total. The number of benzene rings is 1. The van der Waals surface area contributed by atoms with Crippen molar-refractivity contribution in [3.8, 4) is 0 Å². The molecule has 0 radical (unpaired) electrons. The first-order valence-corrected chi connectivity index (χ1v) is 9.06. The van der Waals surface area contributed by atoms with E-state index in [1.165, 1.54) is 0 Å². The van der Waals surface area contributed by atoms with Crippen LogP contribution >= 0.6 is 0 Å². The van der Waals surface area contributed by atoms with E-state index in [0.29, 0.717) is 25.1 Å². The normalized spacial score (nSPS) is 18.3. The van der Waals surface area contributed by atoms with Gasteiger partial charge < -0.3 is 21.1 Å². The lowest BCUT2D eigenvalue weighted by Gasteiger charge is -2.29. The van der Waals surface area contributed by atoms with Crippen LogP contribution in [0, 0.1) is 0 Å². The maximum Gasteiger partial charge on any atom is 0.490 e. The SMILES string of the molecule is NCCCNc1cccc2c1CN(C1CCC(=O)NC1=O)C2=O.O=C(O)C(F)(F)F. The van der Waals surface area contributed by atoms with Crippen molar-refractivity contribution < 1.29 is 37.5 Å². The molecule has 9 nitrogen and oxygen atoms in total. The molecule has 1 atom stereocenters. The van der Waals surface area contributed by atoms with E-state index in [1.807, 2.05) is 12.1 Å². The third kappa shape index (κ3) is 5.47. The van der Waals surface area contributed by atoms with Crippen molar-refractivity contribution in [3.63, 3.8) is 0 Å². The zero-order valence-corrected chi connectivity index (χ0v) is 15.8. The molecule has 1 aromatic rings. The van der Waals surface area contributed by atoms with Crippen LogP contribution in [0.15, 0.2) is 18.2 Å². The molecule has 0 aromatic heterocycles. The average Bonchev–Trinajstić information content (AvgIpc) is 2.99. The monoisotopic (exact) mass is 430 g/mol. The Kier molecular flexibility index (Phi) is 7.38. The van der Waals surface area contributed by atoms with E-state index in [9.17, 15) is 27.6 Å². The molecule has 0 spiro atoms. The number of halogens is 3. The Hall–Kier alpha value is -3.15. The molecular weight excluding hydrogens is 409 g/mol. The number of imide groups is 1. The lowest BCUT2D eigenvalue weighted by molar-refractivity contribution is -0.192. The number of rotatable bonds is 5. The van der Waals surface area contributed by atoms with Crippen molar-refractivity contribution in [2.45, 2.75) is 38.0 Å². The summed E-state index contributed by atoms with van der Waals surface area (Å²) in [6, 6.07) is 4.95. The molecule has 30 heavy (non-hydrogen) atoms. The van der Waals surface area contributed by atoms with Gasteiger partial charge in [-0.2, -0.15) is 13.2 Å². The van der Waals surface area contributed by atoms with E-state index >= 15 is 0 Å². The van der Waals surface area contributed by atoms with Crippen molar-refractivity contribution in [2.24, 2.45) is 5.73 Å². The van der Waals surface area contributed by atoms with Crippen LogP contribution in [-0.4, -0.2) is 59.0 Å². The van der Waals surface area contributed by atoms with Gasteiger partial charge in [0.1, 0.15) is 6.04 Å². The Labute approximate surface area is 169 Å². The van der Waals surface area contributed by atoms with Gasteiger partial charge in [0.25, 0.3) is 5.91 Å². The van der Waals surface area contributed by atoms with E-state index in [4.69, 9.17) is 15.6 Å². The largest absolute Gasteiger partial charge is 0.490 e. The first-order chi connectivity index (χ1) is 14.1. The van der Waals surface area contributed by atoms with Crippen LogP contribution < -0.4 is 16.4 Å². The van der Waals surface area contributed by atoms with Crippen LogP contribution in [-0.2, 0) is 20.9 Å².